The van der Waals surface area contributed by atoms with E-state index in [1.807, 2.05) is 51.2 Å². The molecule has 1 aromatic carbocycles. The summed E-state index contributed by atoms with van der Waals surface area (Å²) in [4.78, 5) is 16.3. The molecule has 0 aliphatic heterocycles. The van der Waals surface area contributed by atoms with Gasteiger partial charge in [-0.2, -0.15) is 0 Å². The van der Waals surface area contributed by atoms with Crippen molar-refractivity contribution in [3.05, 3.63) is 59.4 Å². The average molecular weight is 313 g/mol. The average Bonchev–Trinajstić information content (AvgIpc) is 2.59. The standard InChI is InChI=1S/C18H23N3O2/c1-13-7-8-17(11-20-13)23-12-15-5-4-6-16(9-15)18(22)21-10-14(2)19-3/h4-9,11,14,19H,10,12H2,1-3H3,(H,21,22). The van der Waals surface area contributed by atoms with Crippen molar-refractivity contribution in [2.75, 3.05) is 13.6 Å². The van der Waals surface area contributed by atoms with Gasteiger partial charge < -0.3 is 15.4 Å². The first kappa shape index (κ1) is 17.0. The highest BCUT2D eigenvalue weighted by Crippen LogP contribution is 2.12. The molecule has 2 aromatic rings. The van der Waals surface area contributed by atoms with Crippen LogP contribution in [0.4, 0.5) is 0 Å². The van der Waals surface area contributed by atoms with Crippen LogP contribution in [0.3, 0.4) is 0 Å². The van der Waals surface area contributed by atoms with Crippen molar-refractivity contribution < 1.29 is 9.53 Å². The number of likely N-dealkylation sites (N-methyl/N-ethyl adjacent to an activating group) is 1. The number of ether oxygens (including phenoxy) is 1. The predicted octanol–water partition coefficient (Wildman–Crippen LogP) is 2.31. The highest BCUT2D eigenvalue weighted by atomic mass is 16.5. The minimum Gasteiger partial charge on any atom is -0.487 e. The lowest BCUT2D eigenvalue weighted by molar-refractivity contribution is 0.0950. The molecule has 0 saturated heterocycles. The summed E-state index contributed by atoms with van der Waals surface area (Å²) in [5.41, 5.74) is 2.53. The molecule has 0 spiro atoms. The van der Waals surface area contributed by atoms with Crippen LogP contribution in [0.15, 0.2) is 42.6 Å². The van der Waals surface area contributed by atoms with E-state index in [1.165, 1.54) is 0 Å². The van der Waals surface area contributed by atoms with Crippen LogP contribution in [0.5, 0.6) is 5.75 Å². The third-order valence-corrected chi connectivity index (χ3v) is 3.54. The molecule has 2 N–H and O–H groups in total. The molecule has 5 heteroatoms. The first-order valence-corrected chi connectivity index (χ1v) is 7.68. The smallest absolute Gasteiger partial charge is 0.251 e. The summed E-state index contributed by atoms with van der Waals surface area (Å²) in [7, 11) is 1.87. The molecule has 1 aromatic heterocycles. The Morgan fingerprint density at radius 1 is 1.30 bits per heavy atom. The lowest BCUT2D eigenvalue weighted by atomic mass is 10.1. The zero-order valence-corrected chi connectivity index (χ0v) is 13.8. The van der Waals surface area contributed by atoms with Gasteiger partial charge >= 0.3 is 0 Å². The SMILES string of the molecule is CNC(C)CNC(=O)c1cccc(COc2ccc(C)nc2)c1. The van der Waals surface area contributed by atoms with E-state index in [0.29, 0.717) is 24.5 Å². The number of aryl methyl sites for hydroxylation is 1. The Kier molecular flexibility index (Phi) is 6.11. The third-order valence-electron chi connectivity index (χ3n) is 3.54. The normalized spacial score (nSPS) is 11.8. The lowest BCUT2D eigenvalue weighted by Crippen LogP contribution is -2.37. The second-order valence-electron chi connectivity index (χ2n) is 5.52. The Morgan fingerprint density at radius 2 is 2.13 bits per heavy atom. The van der Waals surface area contributed by atoms with Crippen molar-refractivity contribution in [2.45, 2.75) is 26.5 Å². The topological polar surface area (TPSA) is 63.2 Å². The molecule has 0 fully saturated rings. The molecule has 0 saturated carbocycles. The molecule has 23 heavy (non-hydrogen) atoms. The van der Waals surface area contributed by atoms with Crippen molar-refractivity contribution in [1.82, 2.24) is 15.6 Å². The summed E-state index contributed by atoms with van der Waals surface area (Å²) in [5.74, 6) is 0.638. The van der Waals surface area contributed by atoms with E-state index in [-0.39, 0.29) is 11.9 Å². The molecule has 1 heterocycles. The van der Waals surface area contributed by atoms with Crippen molar-refractivity contribution in [3.8, 4) is 5.75 Å². The van der Waals surface area contributed by atoms with Crippen LogP contribution in [-0.4, -0.2) is 30.5 Å². The first-order valence-electron chi connectivity index (χ1n) is 7.68. The number of rotatable bonds is 7. The van der Waals surface area contributed by atoms with Crippen molar-refractivity contribution in [2.24, 2.45) is 0 Å². The second kappa shape index (κ2) is 8.29. The Labute approximate surface area is 137 Å². The molecule has 122 valence electrons. The number of nitrogens with one attached hydrogen (secondary N) is 2. The van der Waals surface area contributed by atoms with Crippen molar-refractivity contribution >= 4 is 5.91 Å². The van der Waals surface area contributed by atoms with E-state index in [9.17, 15) is 4.79 Å². The molecule has 2 rings (SSSR count). The van der Waals surface area contributed by atoms with Crippen LogP contribution in [0.25, 0.3) is 0 Å². The highest BCUT2D eigenvalue weighted by Gasteiger charge is 2.08. The van der Waals surface area contributed by atoms with Gasteiger partial charge in [0.05, 0.1) is 6.20 Å². The van der Waals surface area contributed by atoms with Gasteiger partial charge in [-0.3, -0.25) is 9.78 Å². The summed E-state index contributed by atoms with van der Waals surface area (Å²) >= 11 is 0. The Hall–Kier alpha value is -2.40. The molecular weight excluding hydrogens is 290 g/mol. The number of carbonyl (C=O) groups excluding carboxylic acids is 1. The van der Waals surface area contributed by atoms with E-state index < -0.39 is 0 Å². The highest BCUT2D eigenvalue weighted by molar-refractivity contribution is 5.94. The number of hydrogen-bond acceptors (Lipinski definition) is 4. The van der Waals surface area contributed by atoms with Crippen molar-refractivity contribution in [3.63, 3.8) is 0 Å². The van der Waals surface area contributed by atoms with E-state index in [4.69, 9.17) is 4.74 Å². The van der Waals surface area contributed by atoms with Gasteiger partial charge in [0.15, 0.2) is 0 Å². The van der Waals surface area contributed by atoms with Gasteiger partial charge in [0.1, 0.15) is 12.4 Å². The van der Waals surface area contributed by atoms with Crippen LogP contribution >= 0.6 is 0 Å². The van der Waals surface area contributed by atoms with E-state index >= 15 is 0 Å². The predicted molar refractivity (Wildman–Crippen MR) is 90.6 cm³/mol. The van der Waals surface area contributed by atoms with Gasteiger partial charge in [-0.1, -0.05) is 12.1 Å². The number of nitrogens with zero attached hydrogens (tertiary/aromatic N) is 1. The Bertz CT molecular complexity index is 641. The maximum absolute atomic E-state index is 12.1. The number of benzene rings is 1. The van der Waals surface area contributed by atoms with Crippen LogP contribution in [0.1, 0.15) is 28.5 Å². The minimum atomic E-state index is -0.0778. The molecule has 0 aliphatic carbocycles. The number of carbonyl (C=O) groups is 1. The minimum absolute atomic E-state index is 0.0778. The van der Waals surface area contributed by atoms with Crippen molar-refractivity contribution in [1.29, 1.82) is 0 Å². The lowest BCUT2D eigenvalue weighted by Gasteiger charge is -2.12. The van der Waals surface area contributed by atoms with Gasteiger partial charge in [0.2, 0.25) is 0 Å². The zero-order chi connectivity index (χ0) is 16.7. The summed E-state index contributed by atoms with van der Waals surface area (Å²) in [6, 6.07) is 11.5. The number of aromatic nitrogens is 1. The molecule has 1 atom stereocenters. The van der Waals surface area contributed by atoms with Crippen LogP contribution in [-0.2, 0) is 6.61 Å². The summed E-state index contributed by atoms with van der Waals surface area (Å²) in [6.45, 7) is 4.94. The molecule has 0 radical (unpaired) electrons. The number of hydrogen-bond donors (Lipinski definition) is 2. The largest absolute Gasteiger partial charge is 0.487 e. The molecule has 0 aliphatic rings. The van der Waals surface area contributed by atoms with E-state index in [2.05, 4.69) is 15.6 Å². The fourth-order valence-corrected chi connectivity index (χ4v) is 1.96. The first-order chi connectivity index (χ1) is 11.1. The van der Waals surface area contributed by atoms with E-state index in [1.54, 1.807) is 12.3 Å². The number of amides is 1. The van der Waals surface area contributed by atoms with Gasteiger partial charge in [0, 0.05) is 23.8 Å². The summed E-state index contributed by atoms with van der Waals surface area (Å²) in [5, 5.41) is 5.99. The maximum Gasteiger partial charge on any atom is 0.251 e. The monoisotopic (exact) mass is 313 g/mol. The van der Waals surface area contributed by atoms with Gasteiger partial charge in [-0.25, -0.2) is 0 Å². The Morgan fingerprint density at radius 3 is 2.83 bits per heavy atom. The molecule has 1 unspecified atom stereocenters. The van der Waals surface area contributed by atoms with Crippen LogP contribution < -0.4 is 15.4 Å². The molecule has 5 nitrogen and oxygen atoms in total. The fraction of sp³-hybridized carbons (Fsp3) is 0.333. The molecule has 0 bridgehead atoms. The number of pyridine rings is 1. The third kappa shape index (κ3) is 5.38. The maximum atomic E-state index is 12.1. The van der Waals surface area contributed by atoms with Gasteiger partial charge in [-0.15, -0.1) is 0 Å². The molecule has 1 amide bonds. The fourth-order valence-electron chi connectivity index (χ4n) is 1.96. The molecular formula is C18H23N3O2. The van der Waals surface area contributed by atoms with Crippen LogP contribution in [0.2, 0.25) is 0 Å². The zero-order valence-electron chi connectivity index (χ0n) is 13.8. The van der Waals surface area contributed by atoms with Gasteiger partial charge in [0.25, 0.3) is 5.91 Å². The Balaban J connectivity index is 1.93. The quantitative estimate of drug-likeness (QED) is 0.823. The summed E-state index contributed by atoms with van der Waals surface area (Å²) < 4.78 is 5.69. The van der Waals surface area contributed by atoms with Crippen LogP contribution in [0, 0.1) is 6.92 Å². The second-order valence-corrected chi connectivity index (χ2v) is 5.52. The summed E-state index contributed by atoms with van der Waals surface area (Å²) in [6.07, 6.45) is 1.70. The van der Waals surface area contributed by atoms with E-state index in [0.717, 1.165) is 11.3 Å². The van der Waals surface area contributed by atoms with Gasteiger partial charge in [-0.05, 0) is 50.7 Å².